The highest BCUT2D eigenvalue weighted by molar-refractivity contribution is 6.09. The van der Waals surface area contributed by atoms with Gasteiger partial charge in [0, 0.05) is 37.1 Å². The van der Waals surface area contributed by atoms with Crippen LogP contribution in [0.1, 0.15) is 21.7 Å². The maximum Gasteiger partial charge on any atom is 0.387 e. The van der Waals surface area contributed by atoms with Gasteiger partial charge in [-0.2, -0.15) is 23.8 Å². The highest BCUT2D eigenvalue weighted by atomic mass is 19.3. The Morgan fingerprint density at radius 3 is 2.80 bits per heavy atom. The van der Waals surface area contributed by atoms with E-state index in [2.05, 4.69) is 40.6 Å². The van der Waals surface area contributed by atoms with E-state index in [1.807, 2.05) is 0 Å². The number of fused-ring (bicyclic) bond motifs is 1. The molecule has 4 aromatic heterocycles. The molecule has 0 aliphatic rings. The van der Waals surface area contributed by atoms with Gasteiger partial charge >= 0.3 is 6.61 Å². The number of aromatic nitrogens is 9. The van der Waals surface area contributed by atoms with E-state index in [9.17, 15) is 22.4 Å². The Hall–Kier alpha value is -4.93. The van der Waals surface area contributed by atoms with E-state index >= 15 is 0 Å². The number of halogens is 4. The molecule has 3 N–H and O–H groups in total. The lowest BCUT2D eigenvalue weighted by atomic mass is 10.0. The standard InChI is InChI=1S/C23H21F4N11O2/c24-18(25)9-13-2-3-17(40-23(26)27)14(8-13)20-16(11-36(34-20)12-19-32-35-38(33-19)7-4-28)31-22(39)15-10-30-37-6-1-5-29-21(15)37/h1-3,5-6,8,10-11,18,23H,4,7,9,12,28H2,(H,31,39). The molecule has 208 valence electrons. The summed E-state index contributed by atoms with van der Waals surface area (Å²) in [6.45, 7) is -2.60. The second kappa shape index (κ2) is 11.4. The number of alkyl halides is 4. The van der Waals surface area contributed by atoms with Gasteiger partial charge < -0.3 is 15.8 Å². The quantitative estimate of drug-likeness (QED) is 0.232. The molecule has 0 saturated carbocycles. The van der Waals surface area contributed by atoms with Crippen LogP contribution in [-0.4, -0.2) is 70.1 Å². The van der Waals surface area contributed by atoms with Crippen LogP contribution in [0.15, 0.2) is 49.1 Å². The summed E-state index contributed by atoms with van der Waals surface area (Å²) < 4.78 is 60.1. The summed E-state index contributed by atoms with van der Waals surface area (Å²) in [5.74, 6) is -0.692. The first-order valence-corrected chi connectivity index (χ1v) is 11.8. The highest BCUT2D eigenvalue weighted by Gasteiger charge is 2.23. The highest BCUT2D eigenvalue weighted by Crippen LogP contribution is 2.36. The number of nitrogens with two attached hydrogens (primary N) is 1. The van der Waals surface area contributed by atoms with Crippen LogP contribution < -0.4 is 15.8 Å². The number of anilines is 1. The van der Waals surface area contributed by atoms with Gasteiger partial charge in [-0.1, -0.05) is 6.07 Å². The van der Waals surface area contributed by atoms with Crippen LogP contribution in [-0.2, 0) is 19.5 Å². The van der Waals surface area contributed by atoms with Gasteiger partial charge in [0.1, 0.15) is 23.6 Å². The molecule has 40 heavy (non-hydrogen) atoms. The fourth-order valence-corrected chi connectivity index (χ4v) is 3.93. The van der Waals surface area contributed by atoms with Gasteiger partial charge in [-0.3, -0.25) is 9.48 Å². The van der Waals surface area contributed by atoms with Crippen molar-refractivity contribution in [2.45, 2.75) is 32.5 Å². The monoisotopic (exact) mass is 559 g/mol. The van der Waals surface area contributed by atoms with Crippen LogP contribution in [0.2, 0.25) is 0 Å². The van der Waals surface area contributed by atoms with Gasteiger partial charge in [0.15, 0.2) is 11.5 Å². The number of benzene rings is 1. The second-order valence-corrected chi connectivity index (χ2v) is 8.38. The van der Waals surface area contributed by atoms with E-state index in [1.54, 1.807) is 12.3 Å². The van der Waals surface area contributed by atoms with Gasteiger partial charge in [-0.15, -0.1) is 10.2 Å². The SMILES string of the molecule is NCCn1nnc(Cn2cc(NC(=O)c3cnn4cccnc34)c(-c3cc(CC(F)F)ccc3OC(F)F)n2)n1. The number of hydrogen-bond donors (Lipinski definition) is 2. The van der Waals surface area contributed by atoms with E-state index in [4.69, 9.17) is 5.73 Å². The molecule has 5 rings (SSSR count). The van der Waals surface area contributed by atoms with Gasteiger partial charge in [0.25, 0.3) is 5.91 Å². The topological polar surface area (TPSA) is 156 Å². The zero-order chi connectivity index (χ0) is 28.2. The number of tetrazole rings is 1. The second-order valence-electron chi connectivity index (χ2n) is 8.38. The predicted octanol–water partition coefficient (Wildman–Crippen LogP) is 2.25. The Bertz CT molecular complexity index is 1630. The third-order valence-electron chi connectivity index (χ3n) is 5.57. The summed E-state index contributed by atoms with van der Waals surface area (Å²) >= 11 is 0. The summed E-state index contributed by atoms with van der Waals surface area (Å²) in [5.41, 5.74) is 6.08. The van der Waals surface area contributed by atoms with Crippen LogP contribution >= 0.6 is 0 Å². The molecule has 0 bridgehead atoms. The van der Waals surface area contributed by atoms with Crippen molar-refractivity contribution in [2.75, 3.05) is 11.9 Å². The molecular formula is C23H21F4N11O2. The average Bonchev–Trinajstić information content (AvgIpc) is 3.63. The van der Waals surface area contributed by atoms with E-state index in [1.165, 1.54) is 44.7 Å². The summed E-state index contributed by atoms with van der Waals surface area (Å²) in [6, 6.07) is 5.31. The fraction of sp³-hybridized carbons (Fsp3) is 0.261. The Labute approximate surface area is 222 Å². The molecule has 4 heterocycles. The Morgan fingerprint density at radius 2 is 2.02 bits per heavy atom. The van der Waals surface area contributed by atoms with Crippen LogP contribution in [0, 0.1) is 0 Å². The van der Waals surface area contributed by atoms with Crippen LogP contribution in [0.25, 0.3) is 16.9 Å². The molecule has 0 spiro atoms. The number of hydrogen-bond acceptors (Lipinski definition) is 9. The Kier molecular flexibility index (Phi) is 7.63. The Morgan fingerprint density at radius 1 is 1.18 bits per heavy atom. The summed E-state index contributed by atoms with van der Waals surface area (Å²) in [6.07, 6.45) is 2.52. The van der Waals surface area contributed by atoms with Crippen molar-refractivity contribution < 1.29 is 27.1 Å². The maximum absolute atomic E-state index is 13.2. The predicted molar refractivity (Wildman–Crippen MR) is 131 cm³/mol. The van der Waals surface area contributed by atoms with Gasteiger partial charge in [-0.05, 0) is 29.0 Å². The smallest absolute Gasteiger partial charge is 0.387 e. The molecule has 13 nitrogen and oxygen atoms in total. The largest absolute Gasteiger partial charge is 0.434 e. The molecule has 5 aromatic rings. The van der Waals surface area contributed by atoms with E-state index in [-0.39, 0.29) is 58.4 Å². The third-order valence-corrected chi connectivity index (χ3v) is 5.57. The van der Waals surface area contributed by atoms with Crippen molar-refractivity contribution in [3.05, 3.63) is 66.0 Å². The molecule has 0 aliphatic heterocycles. The van der Waals surface area contributed by atoms with Crippen LogP contribution in [0.3, 0.4) is 0 Å². The number of rotatable bonds is 11. The lowest BCUT2D eigenvalue weighted by Gasteiger charge is -2.13. The first-order chi connectivity index (χ1) is 19.3. The fourth-order valence-electron chi connectivity index (χ4n) is 3.93. The van der Waals surface area contributed by atoms with Gasteiger partial charge in [-0.25, -0.2) is 18.3 Å². The minimum absolute atomic E-state index is 0.0149. The molecule has 0 fully saturated rings. The minimum atomic E-state index is -3.20. The van der Waals surface area contributed by atoms with E-state index < -0.39 is 25.4 Å². The molecule has 0 radical (unpaired) electrons. The first kappa shape index (κ1) is 26.7. The van der Waals surface area contributed by atoms with Crippen molar-refractivity contribution in [3.8, 4) is 17.0 Å². The third kappa shape index (κ3) is 5.88. The first-order valence-electron chi connectivity index (χ1n) is 11.8. The summed E-state index contributed by atoms with van der Waals surface area (Å²) in [4.78, 5) is 18.7. The van der Waals surface area contributed by atoms with Crippen molar-refractivity contribution in [1.29, 1.82) is 0 Å². The van der Waals surface area contributed by atoms with Gasteiger partial charge in [0.2, 0.25) is 6.43 Å². The maximum atomic E-state index is 13.2. The number of carbonyl (C=O) groups excluding carboxylic acids is 1. The molecule has 1 aromatic carbocycles. The number of nitrogens with zero attached hydrogens (tertiary/aromatic N) is 9. The molecule has 17 heteroatoms. The van der Waals surface area contributed by atoms with Crippen molar-refractivity contribution in [2.24, 2.45) is 5.73 Å². The van der Waals surface area contributed by atoms with E-state index in [0.717, 1.165) is 6.07 Å². The Balaban J connectivity index is 1.56. The number of ether oxygens (including phenoxy) is 1. The van der Waals surface area contributed by atoms with Crippen LogP contribution in [0.5, 0.6) is 5.75 Å². The molecule has 0 atom stereocenters. The zero-order valence-corrected chi connectivity index (χ0v) is 20.5. The number of nitrogens with one attached hydrogen (secondary N) is 1. The van der Waals surface area contributed by atoms with E-state index in [0.29, 0.717) is 6.54 Å². The lowest BCUT2D eigenvalue weighted by Crippen LogP contribution is -2.13. The zero-order valence-electron chi connectivity index (χ0n) is 20.5. The summed E-state index contributed by atoms with van der Waals surface area (Å²) in [5, 5.41) is 23.2. The van der Waals surface area contributed by atoms with Gasteiger partial charge in [0.05, 0.1) is 18.4 Å². The van der Waals surface area contributed by atoms with Crippen molar-refractivity contribution in [3.63, 3.8) is 0 Å². The lowest BCUT2D eigenvalue weighted by molar-refractivity contribution is -0.0494. The number of carbonyl (C=O) groups is 1. The molecule has 0 saturated heterocycles. The molecule has 1 amide bonds. The summed E-state index contributed by atoms with van der Waals surface area (Å²) in [7, 11) is 0. The van der Waals surface area contributed by atoms with Crippen molar-refractivity contribution >= 4 is 17.2 Å². The minimum Gasteiger partial charge on any atom is -0.434 e. The molecular weight excluding hydrogens is 538 g/mol. The molecule has 0 unspecified atom stereocenters. The van der Waals surface area contributed by atoms with Crippen LogP contribution in [0.4, 0.5) is 23.2 Å². The number of amides is 1. The molecule has 0 aliphatic carbocycles. The average molecular weight is 559 g/mol. The normalized spacial score (nSPS) is 11.6. The van der Waals surface area contributed by atoms with Crippen molar-refractivity contribution in [1.82, 2.24) is 44.6 Å².